The molecule has 2 saturated heterocycles. The molecular weight excluding hydrogens is 186 g/mol. The third-order valence-corrected chi connectivity index (χ3v) is 3.85. The van der Waals surface area contributed by atoms with Gasteiger partial charge in [-0.05, 0) is 64.2 Å². The first kappa shape index (κ1) is 11.4. The molecule has 2 heterocycles. The van der Waals surface area contributed by atoms with Crippen molar-refractivity contribution in [3.8, 4) is 0 Å². The molecule has 2 rings (SSSR count). The minimum absolute atomic E-state index is 0.437. The monoisotopic (exact) mass is 211 g/mol. The molecule has 0 aliphatic carbocycles. The van der Waals surface area contributed by atoms with Crippen molar-refractivity contribution in [3.05, 3.63) is 0 Å². The quantitative estimate of drug-likeness (QED) is 0.725. The minimum Gasteiger partial charge on any atom is -0.327 e. The summed E-state index contributed by atoms with van der Waals surface area (Å²) in [6.45, 7) is 6.14. The lowest BCUT2D eigenvalue weighted by Gasteiger charge is -2.32. The van der Waals surface area contributed by atoms with Crippen LogP contribution in [0.25, 0.3) is 0 Å². The summed E-state index contributed by atoms with van der Waals surface area (Å²) >= 11 is 0. The van der Waals surface area contributed by atoms with E-state index >= 15 is 0 Å². The SMILES string of the molecule is N[C@@H]1CCCN(CCC2CCNCC2)C1. The predicted molar refractivity (Wildman–Crippen MR) is 63.9 cm³/mol. The Morgan fingerprint density at radius 2 is 2.00 bits per heavy atom. The van der Waals surface area contributed by atoms with E-state index in [9.17, 15) is 0 Å². The molecule has 0 unspecified atom stereocenters. The van der Waals surface area contributed by atoms with E-state index in [0.29, 0.717) is 6.04 Å². The molecule has 88 valence electrons. The van der Waals surface area contributed by atoms with Crippen LogP contribution in [0, 0.1) is 5.92 Å². The zero-order chi connectivity index (χ0) is 10.5. The number of likely N-dealkylation sites (tertiary alicyclic amines) is 1. The largest absolute Gasteiger partial charge is 0.327 e. The van der Waals surface area contributed by atoms with Crippen LogP contribution in [-0.4, -0.2) is 43.7 Å². The maximum atomic E-state index is 5.98. The summed E-state index contributed by atoms with van der Waals surface area (Å²) in [4.78, 5) is 2.57. The highest BCUT2D eigenvalue weighted by Crippen LogP contribution is 2.17. The Hall–Kier alpha value is -0.120. The van der Waals surface area contributed by atoms with Gasteiger partial charge in [0.15, 0.2) is 0 Å². The summed E-state index contributed by atoms with van der Waals surface area (Å²) in [7, 11) is 0. The van der Waals surface area contributed by atoms with Crippen molar-refractivity contribution in [1.29, 1.82) is 0 Å². The van der Waals surface area contributed by atoms with Crippen molar-refractivity contribution < 1.29 is 0 Å². The molecule has 3 heteroatoms. The third kappa shape index (κ3) is 3.74. The molecule has 0 aromatic heterocycles. The van der Waals surface area contributed by atoms with Gasteiger partial charge in [-0.25, -0.2) is 0 Å². The van der Waals surface area contributed by atoms with E-state index < -0.39 is 0 Å². The molecule has 2 aliphatic rings. The van der Waals surface area contributed by atoms with Gasteiger partial charge in [-0.2, -0.15) is 0 Å². The third-order valence-electron chi connectivity index (χ3n) is 3.85. The number of nitrogens with one attached hydrogen (secondary N) is 1. The Kier molecular flexibility index (Phi) is 4.42. The molecule has 0 amide bonds. The van der Waals surface area contributed by atoms with E-state index in [4.69, 9.17) is 5.73 Å². The van der Waals surface area contributed by atoms with Crippen LogP contribution in [0.3, 0.4) is 0 Å². The highest BCUT2D eigenvalue weighted by atomic mass is 15.1. The second-order valence-corrected chi connectivity index (χ2v) is 5.18. The zero-order valence-corrected chi connectivity index (χ0v) is 9.75. The Morgan fingerprint density at radius 1 is 1.20 bits per heavy atom. The van der Waals surface area contributed by atoms with Crippen LogP contribution in [0.2, 0.25) is 0 Å². The summed E-state index contributed by atoms with van der Waals surface area (Å²) in [5.74, 6) is 0.962. The Morgan fingerprint density at radius 3 is 2.73 bits per heavy atom. The minimum atomic E-state index is 0.437. The molecule has 0 aromatic rings. The van der Waals surface area contributed by atoms with Crippen molar-refractivity contribution in [1.82, 2.24) is 10.2 Å². The lowest BCUT2D eigenvalue weighted by molar-refractivity contribution is 0.188. The average Bonchev–Trinajstić information content (AvgIpc) is 2.28. The first-order valence-electron chi connectivity index (χ1n) is 6.53. The molecule has 0 spiro atoms. The highest BCUT2D eigenvalue weighted by molar-refractivity contribution is 4.76. The average molecular weight is 211 g/mol. The fourth-order valence-electron chi connectivity index (χ4n) is 2.83. The second kappa shape index (κ2) is 5.83. The fraction of sp³-hybridized carbons (Fsp3) is 1.00. The summed E-state index contributed by atoms with van der Waals surface area (Å²) in [6, 6.07) is 0.437. The summed E-state index contributed by atoms with van der Waals surface area (Å²) in [6.07, 6.45) is 6.66. The molecule has 15 heavy (non-hydrogen) atoms. The summed E-state index contributed by atoms with van der Waals surface area (Å²) in [5.41, 5.74) is 5.98. The van der Waals surface area contributed by atoms with Crippen LogP contribution in [0.5, 0.6) is 0 Å². The van der Waals surface area contributed by atoms with Gasteiger partial charge in [0.2, 0.25) is 0 Å². The zero-order valence-electron chi connectivity index (χ0n) is 9.75. The fourth-order valence-corrected chi connectivity index (χ4v) is 2.83. The normalized spacial score (nSPS) is 30.6. The van der Waals surface area contributed by atoms with Gasteiger partial charge in [0.25, 0.3) is 0 Å². The molecule has 3 nitrogen and oxygen atoms in total. The second-order valence-electron chi connectivity index (χ2n) is 5.18. The standard InChI is InChI=1S/C12H25N3/c13-12-2-1-8-15(10-12)9-5-11-3-6-14-7-4-11/h11-12,14H,1-10,13H2/t12-/m1/s1. The molecule has 0 saturated carbocycles. The first-order chi connectivity index (χ1) is 7.34. The van der Waals surface area contributed by atoms with Gasteiger partial charge in [0.1, 0.15) is 0 Å². The van der Waals surface area contributed by atoms with E-state index in [2.05, 4.69) is 10.2 Å². The number of rotatable bonds is 3. The van der Waals surface area contributed by atoms with Crippen LogP contribution in [0.1, 0.15) is 32.1 Å². The summed E-state index contributed by atoms with van der Waals surface area (Å²) in [5, 5.41) is 3.43. The first-order valence-corrected chi connectivity index (χ1v) is 6.53. The lowest BCUT2D eigenvalue weighted by atomic mass is 9.94. The molecule has 2 aliphatic heterocycles. The Bertz CT molecular complexity index is 178. The smallest absolute Gasteiger partial charge is 0.0168 e. The van der Waals surface area contributed by atoms with Gasteiger partial charge < -0.3 is 16.0 Å². The van der Waals surface area contributed by atoms with E-state index in [1.807, 2.05) is 0 Å². The van der Waals surface area contributed by atoms with Crippen LogP contribution in [0.4, 0.5) is 0 Å². The number of nitrogens with two attached hydrogens (primary N) is 1. The van der Waals surface area contributed by atoms with Crippen molar-refractivity contribution in [2.75, 3.05) is 32.7 Å². The van der Waals surface area contributed by atoms with Gasteiger partial charge in [0.05, 0.1) is 0 Å². The van der Waals surface area contributed by atoms with E-state index in [1.54, 1.807) is 0 Å². The topological polar surface area (TPSA) is 41.3 Å². The van der Waals surface area contributed by atoms with Crippen LogP contribution in [-0.2, 0) is 0 Å². The van der Waals surface area contributed by atoms with Crippen molar-refractivity contribution in [2.45, 2.75) is 38.1 Å². The van der Waals surface area contributed by atoms with Gasteiger partial charge in [-0.15, -0.1) is 0 Å². The molecule has 0 radical (unpaired) electrons. The lowest BCUT2D eigenvalue weighted by Crippen LogP contribution is -2.43. The van der Waals surface area contributed by atoms with E-state index in [0.717, 1.165) is 12.5 Å². The van der Waals surface area contributed by atoms with Gasteiger partial charge >= 0.3 is 0 Å². The molecule has 0 aromatic carbocycles. The van der Waals surface area contributed by atoms with Gasteiger partial charge in [0, 0.05) is 12.6 Å². The summed E-state index contributed by atoms with van der Waals surface area (Å²) < 4.78 is 0. The van der Waals surface area contributed by atoms with Crippen LogP contribution < -0.4 is 11.1 Å². The van der Waals surface area contributed by atoms with E-state index in [-0.39, 0.29) is 0 Å². The van der Waals surface area contributed by atoms with Crippen LogP contribution in [0.15, 0.2) is 0 Å². The molecule has 2 fully saturated rings. The highest BCUT2D eigenvalue weighted by Gasteiger charge is 2.18. The van der Waals surface area contributed by atoms with E-state index in [1.165, 1.54) is 58.3 Å². The number of hydrogen-bond acceptors (Lipinski definition) is 3. The molecular formula is C12H25N3. The Labute approximate surface area is 93.4 Å². The number of nitrogens with zero attached hydrogens (tertiary/aromatic N) is 1. The number of hydrogen-bond donors (Lipinski definition) is 2. The van der Waals surface area contributed by atoms with Crippen molar-refractivity contribution in [2.24, 2.45) is 11.7 Å². The van der Waals surface area contributed by atoms with Gasteiger partial charge in [-0.3, -0.25) is 0 Å². The molecule has 1 atom stereocenters. The van der Waals surface area contributed by atoms with Crippen molar-refractivity contribution >= 4 is 0 Å². The molecule has 3 N–H and O–H groups in total. The number of piperidine rings is 2. The maximum absolute atomic E-state index is 5.98. The maximum Gasteiger partial charge on any atom is 0.0168 e. The molecule has 0 bridgehead atoms. The Balaban J connectivity index is 1.63. The van der Waals surface area contributed by atoms with Crippen molar-refractivity contribution in [3.63, 3.8) is 0 Å². The predicted octanol–water partition coefficient (Wildman–Crippen LogP) is 0.799. The van der Waals surface area contributed by atoms with Gasteiger partial charge in [-0.1, -0.05) is 0 Å². The van der Waals surface area contributed by atoms with Crippen LogP contribution >= 0.6 is 0 Å².